The van der Waals surface area contributed by atoms with Gasteiger partial charge in [-0.05, 0) is 31.2 Å². The molecule has 0 fully saturated rings. The van der Waals surface area contributed by atoms with Crippen molar-refractivity contribution in [1.29, 1.82) is 5.26 Å². The lowest BCUT2D eigenvalue weighted by molar-refractivity contribution is 1.29. The van der Waals surface area contributed by atoms with Crippen molar-refractivity contribution in [2.24, 2.45) is 0 Å². The molecule has 0 aliphatic rings. The molecule has 0 saturated carbocycles. The van der Waals surface area contributed by atoms with Gasteiger partial charge in [-0.3, -0.25) is 0 Å². The van der Waals surface area contributed by atoms with Gasteiger partial charge in [-0.25, -0.2) is 4.98 Å². The molecule has 4 rings (SSSR count). The minimum Gasteiger partial charge on any atom is -0.358 e. The Morgan fingerprint density at radius 3 is 2.78 bits per heavy atom. The Kier molecular flexibility index (Phi) is 3.22. The monoisotopic (exact) mass is 315 g/mol. The zero-order valence-corrected chi connectivity index (χ0v) is 13.3. The molecular weight excluding hydrogens is 302 g/mol. The van der Waals surface area contributed by atoms with Crippen molar-refractivity contribution in [3.63, 3.8) is 0 Å². The predicted octanol–water partition coefficient (Wildman–Crippen LogP) is 5.15. The van der Waals surface area contributed by atoms with Crippen molar-refractivity contribution in [3.8, 4) is 6.07 Å². The molecule has 0 aliphatic heterocycles. The summed E-state index contributed by atoms with van der Waals surface area (Å²) in [4.78, 5) is 7.96. The van der Waals surface area contributed by atoms with Gasteiger partial charge in [0, 0.05) is 22.2 Å². The van der Waals surface area contributed by atoms with E-state index in [1.165, 1.54) is 0 Å². The number of fused-ring (bicyclic) bond motifs is 2. The molecule has 0 spiro atoms. The zero-order valence-electron chi connectivity index (χ0n) is 12.5. The number of benzene rings is 2. The van der Waals surface area contributed by atoms with Crippen molar-refractivity contribution >= 4 is 44.1 Å². The van der Waals surface area contributed by atoms with Crippen LogP contribution in [0.1, 0.15) is 16.3 Å². The lowest BCUT2D eigenvalue weighted by atomic mass is 10.1. The predicted molar refractivity (Wildman–Crippen MR) is 96.1 cm³/mol. The van der Waals surface area contributed by atoms with Crippen LogP contribution < -0.4 is 0 Å². The number of aryl methyl sites for hydroxylation is 1. The largest absolute Gasteiger partial charge is 0.358 e. The lowest BCUT2D eigenvalue weighted by Gasteiger charge is -1.96. The van der Waals surface area contributed by atoms with E-state index in [0.29, 0.717) is 5.57 Å². The molecule has 0 bridgehead atoms. The van der Waals surface area contributed by atoms with Crippen LogP contribution in [-0.2, 0) is 0 Å². The van der Waals surface area contributed by atoms with E-state index >= 15 is 0 Å². The third kappa shape index (κ3) is 2.32. The molecule has 2 aromatic carbocycles. The number of aromatic amines is 1. The molecule has 0 amide bonds. The first kappa shape index (κ1) is 13.7. The van der Waals surface area contributed by atoms with Crippen LogP contribution in [0.3, 0.4) is 0 Å². The first-order valence-corrected chi connectivity index (χ1v) is 8.13. The van der Waals surface area contributed by atoms with E-state index in [4.69, 9.17) is 0 Å². The molecule has 23 heavy (non-hydrogen) atoms. The second-order valence-corrected chi connectivity index (χ2v) is 6.40. The van der Waals surface area contributed by atoms with E-state index in [0.717, 1.165) is 37.4 Å². The smallest absolute Gasteiger partial charge is 0.135 e. The normalized spacial score (nSPS) is 11.9. The topological polar surface area (TPSA) is 52.5 Å². The number of para-hydroxylation sites is 2. The van der Waals surface area contributed by atoms with Crippen molar-refractivity contribution in [2.75, 3.05) is 0 Å². The second-order valence-electron chi connectivity index (χ2n) is 5.37. The molecule has 0 saturated heterocycles. The van der Waals surface area contributed by atoms with Gasteiger partial charge in [0.15, 0.2) is 0 Å². The highest BCUT2D eigenvalue weighted by molar-refractivity contribution is 7.19. The quantitative estimate of drug-likeness (QED) is 0.520. The number of rotatable bonds is 2. The van der Waals surface area contributed by atoms with Gasteiger partial charge in [0.05, 0.1) is 15.8 Å². The van der Waals surface area contributed by atoms with Gasteiger partial charge in [-0.15, -0.1) is 11.3 Å². The summed E-state index contributed by atoms with van der Waals surface area (Å²) in [6.45, 7) is 2.03. The van der Waals surface area contributed by atoms with Gasteiger partial charge in [0.25, 0.3) is 0 Å². The van der Waals surface area contributed by atoms with Crippen molar-refractivity contribution < 1.29 is 0 Å². The summed E-state index contributed by atoms with van der Waals surface area (Å²) in [5, 5.41) is 11.5. The standard InChI is InChI=1S/C19H13N3S/c1-12-15(14-6-2-3-7-16(14)21-12)10-13(11-20)19-22-17-8-4-5-9-18(17)23-19/h2-10,21H,1H3. The fourth-order valence-corrected chi connectivity index (χ4v) is 3.69. The molecule has 4 aromatic rings. The number of thiazole rings is 1. The van der Waals surface area contributed by atoms with Crippen LogP contribution in [0.5, 0.6) is 0 Å². The van der Waals surface area contributed by atoms with Crippen LogP contribution in [0.25, 0.3) is 32.8 Å². The molecule has 1 N–H and O–H groups in total. The van der Waals surface area contributed by atoms with Crippen LogP contribution >= 0.6 is 11.3 Å². The Morgan fingerprint density at radius 2 is 1.96 bits per heavy atom. The highest BCUT2D eigenvalue weighted by Gasteiger charge is 2.11. The van der Waals surface area contributed by atoms with Crippen LogP contribution in [0.2, 0.25) is 0 Å². The maximum Gasteiger partial charge on any atom is 0.135 e. The summed E-state index contributed by atoms with van der Waals surface area (Å²) in [6, 6.07) is 18.4. The van der Waals surface area contributed by atoms with E-state index in [-0.39, 0.29) is 0 Å². The average Bonchev–Trinajstić information content (AvgIpc) is 3.13. The number of aromatic nitrogens is 2. The van der Waals surface area contributed by atoms with E-state index in [2.05, 4.69) is 22.1 Å². The number of nitrogens with one attached hydrogen (secondary N) is 1. The zero-order chi connectivity index (χ0) is 15.8. The molecule has 2 aromatic heterocycles. The third-order valence-corrected chi connectivity index (χ3v) is 4.95. The van der Waals surface area contributed by atoms with Crippen LogP contribution in [0.4, 0.5) is 0 Å². The van der Waals surface area contributed by atoms with E-state index in [1.54, 1.807) is 11.3 Å². The first-order chi connectivity index (χ1) is 11.3. The second kappa shape index (κ2) is 5.38. The summed E-state index contributed by atoms with van der Waals surface area (Å²) < 4.78 is 1.10. The Balaban J connectivity index is 1.90. The fourth-order valence-electron chi connectivity index (χ4n) is 2.76. The van der Waals surface area contributed by atoms with Gasteiger partial charge in [0.2, 0.25) is 0 Å². The Morgan fingerprint density at radius 1 is 1.17 bits per heavy atom. The van der Waals surface area contributed by atoms with Crippen molar-refractivity contribution in [1.82, 2.24) is 9.97 Å². The maximum atomic E-state index is 9.60. The average molecular weight is 315 g/mol. The molecular formula is C19H13N3S. The number of nitriles is 1. The Labute approximate surface area is 137 Å². The highest BCUT2D eigenvalue weighted by atomic mass is 32.1. The minimum absolute atomic E-state index is 0.596. The SMILES string of the molecule is Cc1[nH]c2ccccc2c1C=C(C#N)c1nc2ccccc2s1. The summed E-state index contributed by atoms with van der Waals surface area (Å²) in [6.07, 6.45) is 1.94. The van der Waals surface area contributed by atoms with Gasteiger partial charge in [0.1, 0.15) is 11.1 Å². The molecule has 0 radical (unpaired) electrons. The highest BCUT2D eigenvalue weighted by Crippen LogP contribution is 2.30. The van der Waals surface area contributed by atoms with Crippen LogP contribution in [0, 0.1) is 18.3 Å². The first-order valence-electron chi connectivity index (χ1n) is 7.31. The number of allylic oxidation sites excluding steroid dienone is 1. The number of nitrogens with zero attached hydrogens (tertiary/aromatic N) is 2. The van der Waals surface area contributed by atoms with Gasteiger partial charge >= 0.3 is 0 Å². The number of H-pyrrole nitrogens is 1. The molecule has 0 aliphatic carbocycles. The summed E-state index contributed by atoms with van der Waals surface area (Å²) >= 11 is 1.55. The molecule has 0 atom stereocenters. The summed E-state index contributed by atoms with van der Waals surface area (Å²) in [7, 11) is 0. The van der Waals surface area contributed by atoms with Gasteiger partial charge < -0.3 is 4.98 Å². The number of hydrogen-bond acceptors (Lipinski definition) is 3. The van der Waals surface area contributed by atoms with Crippen molar-refractivity contribution in [2.45, 2.75) is 6.92 Å². The van der Waals surface area contributed by atoms with Crippen LogP contribution in [0.15, 0.2) is 48.5 Å². The fraction of sp³-hybridized carbons (Fsp3) is 0.0526. The van der Waals surface area contributed by atoms with Crippen molar-refractivity contribution in [3.05, 3.63) is 64.8 Å². The molecule has 110 valence electrons. The Bertz CT molecular complexity index is 1060. The lowest BCUT2D eigenvalue weighted by Crippen LogP contribution is -1.82. The van der Waals surface area contributed by atoms with Crippen LogP contribution in [-0.4, -0.2) is 9.97 Å². The maximum absolute atomic E-state index is 9.60. The van der Waals surface area contributed by atoms with E-state index < -0.39 is 0 Å². The third-order valence-electron chi connectivity index (χ3n) is 3.88. The summed E-state index contributed by atoms with van der Waals surface area (Å²) in [5.74, 6) is 0. The molecule has 3 nitrogen and oxygen atoms in total. The molecule has 2 heterocycles. The molecule has 0 unspecified atom stereocenters. The minimum atomic E-state index is 0.596. The number of hydrogen-bond donors (Lipinski definition) is 1. The van der Waals surface area contributed by atoms with E-state index in [1.807, 2.05) is 55.5 Å². The van der Waals surface area contributed by atoms with Gasteiger partial charge in [-0.1, -0.05) is 30.3 Å². The van der Waals surface area contributed by atoms with Gasteiger partial charge in [-0.2, -0.15) is 5.26 Å². The Hall–Kier alpha value is -2.90. The van der Waals surface area contributed by atoms with E-state index in [9.17, 15) is 5.26 Å². The molecule has 4 heteroatoms. The summed E-state index contributed by atoms with van der Waals surface area (Å²) in [5.41, 5.74) is 4.72.